The Kier molecular flexibility index (Phi) is 4.86. The minimum Gasteiger partial charge on any atom is -0.396 e. The van der Waals surface area contributed by atoms with Crippen LogP contribution >= 0.6 is 0 Å². The molecule has 2 rings (SSSR count). The van der Waals surface area contributed by atoms with E-state index in [9.17, 15) is 0 Å². The molecule has 0 aliphatic heterocycles. The molecule has 0 fully saturated rings. The smallest absolute Gasteiger partial charge is 0.0965 e. The molecule has 110 valence electrons. The van der Waals surface area contributed by atoms with E-state index in [-0.39, 0.29) is 12.6 Å². The van der Waals surface area contributed by atoms with Crippen molar-refractivity contribution in [2.24, 2.45) is 7.05 Å². The van der Waals surface area contributed by atoms with Gasteiger partial charge in [0.05, 0.1) is 11.9 Å². The highest BCUT2D eigenvalue weighted by molar-refractivity contribution is 5.19. The molecule has 2 N–H and O–H groups in total. The molecule has 0 bridgehead atoms. The van der Waals surface area contributed by atoms with Gasteiger partial charge in [0.25, 0.3) is 0 Å². The van der Waals surface area contributed by atoms with Gasteiger partial charge in [-0.05, 0) is 20.3 Å². The molecule has 7 heteroatoms. The lowest BCUT2D eigenvalue weighted by Gasteiger charge is -2.12. The van der Waals surface area contributed by atoms with Crippen LogP contribution in [0.3, 0.4) is 0 Å². The van der Waals surface area contributed by atoms with E-state index in [1.807, 2.05) is 24.1 Å². The molecule has 0 saturated carbocycles. The van der Waals surface area contributed by atoms with E-state index in [2.05, 4.69) is 34.6 Å². The average Bonchev–Trinajstić information content (AvgIpc) is 3.02. The van der Waals surface area contributed by atoms with Gasteiger partial charge in [-0.1, -0.05) is 5.21 Å². The zero-order valence-electron chi connectivity index (χ0n) is 12.2. The maximum atomic E-state index is 8.78. The molecule has 2 aromatic heterocycles. The Balaban J connectivity index is 1.88. The van der Waals surface area contributed by atoms with Gasteiger partial charge in [-0.15, -0.1) is 5.10 Å². The van der Waals surface area contributed by atoms with Gasteiger partial charge in [0.1, 0.15) is 0 Å². The number of aromatic nitrogens is 5. The summed E-state index contributed by atoms with van der Waals surface area (Å²) in [5.41, 5.74) is 3.26. The predicted octanol–water partition coefficient (Wildman–Crippen LogP) is 0.553. The Bertz CT molecular complexity index is 547. The van der Waals surface area contributed by atoms with Crippen molar-refractivity contribution in [3.8, 4) is 0 Å². The molecule has 0 aromatic carbocycles. The van der Waals surface area contributed by atoms with Gasteiger partial charge < -0.3 is 10.4 Å². The van der Waals surface area contributed by atoms with Gasteiger partial charge in [0.15, 0.2) is 0 Å². The minimum absolute atomic E-state index is 0.171. The Labute approximate surface area is 118 Å². The summed E-state index contributed by atoms with van der Waals surface area (Å²) in [5.74, 6) is 0. The summed E-state index contributed by atoms with van der Waals surface area (Å²) in [6.45, 7) is 5.70. The molecule has 0 spiro atoms. The average molecular weight is 278 g/mol. The number of aliphatic hydroxyl groups excluding tert-OH is 1. The van der Waals surface area contributed by atoms with Crippen molar-refractivity contribution in [2.75, 3.05) is 6.61 Å². The molecule has 1 unspecified atom stereocenters. The summed E-state index contributed by atoms with van der Waals surface area (Å²) in [6.07, 6.45) is 4.50. The fraction of sp³-hybridized carbons (Fsp3) is 0.615. The largest absolute Gasteiger partial charge is 0.396 e. The Morgan fingerprint density at radius 2 is 2.25 bits per heavy atom. The lowest BCUT2D eigenvalue weighted by molar-refractivity contribution is 0.276. The van der Waals surface area contributed by atoms with Gasteiger partial charge in [-0.25, -0.2) is 0 Å². The van der Waals surface area contributed by atoms with Gasteiger partial charge in [0.2, 0.25) is 0 Å². The van der Waals surface area contributed by atoms with Crippen molar-refractivity contribution < 1.29 is 5.11 Å². The lowest BCUT2D eigenvalue weighted by atomic mass is 10.1. The number of nitrogens with one attached hydrogen (secondary N) is 1. The van der Waals surface area contributed by atoms with Crippen LogP contribution < -0.4 is 5.32 Å². The summed E-state index contributed by atoms with van der Waals surface area (Å²) < 4.78 is 3.63. The summed E-state index contributed by atoms with van der Waals surface area (Å²) in [6, 6.07) is 0.214. The third kappa shape index (κ3) is 3.43. The van der Waals surface area contributed by atoms with Crippen LogP contribution in [0.15, 0.2) is 12.4 Å². The van der Waals surface area contributed by atoms with Crippen LogP contribution in [0.2, 0.25) is 0 Å². The maximum Gasteiger partial charge on any atom is 0.0965 e. The fourth-order valence-electron chi connectivity index (χ4n) is 2.07. The Morgan fingerprint density at radius 3 is 2.90 bits per heavy atom. The highest BCUT2D eigenvalue weighted by Crippen LogP contribution is 2.16. The first-order valence-electron chi connectivity index (χ1n) is 6.83. The van der Waals surface area contributed by atoms with Crippen LogP contribution in [-0.4, -0.2) is 36.5 Å². The summed E-state index contributed by atoms with van der Waals surface area (Å²) in [4.78, 5) is 0. The molecule has 0 amide bonds. The second kappa shape index (κ2) is 6.62. The molecule has 2 aromatic rings. The Morgan fingerprint density at radius 1 is 1.45 bits per heavy atom. The lowest BCUT2D eigenvalue weighted by Crippen LogP contribution is -2.18. The van der Waals surface area contributed by atoms with E-state index in [1.165, 1.54) is 5.56 Å². The normalized spacial score (nSPS) is 12.8. The van der Waals surface area contributed by atoms with Crippen molar-refractivity contribution in [1.29, 1.82) is 0 Å². The van der Waals surface area contributed by atoms with Crippen LogP contribution in [0.5, 0.6) is 0 Å². The molecule has 0 saturated heterocycles. The third-order valence-electron chi connectivity index (χ3n) is 3.46. The van der Waals surface area contributed by atoms with E-state index in [1.54, 1.807) is 4.68 Å². The van der Waals surface area contributed by atoms with Crippen molar-refractivity contribution in [1.82, 2.24) is 30.1 Å². The van der Waals surface area contributed by atoms with Crippen molar-refractivity contribution in [2.45, 2.75) is 39.4 Å². The summed E-state index contributed by atoms with van der Waals surface area (Å²) in [7, 11) is 1.94. The first-order valence-corrected chi connectivity index (χ1v) is 6.83. The van der Waals surface area contributed by atoms with Crippen molar-refractivity contribution in [3.05, 3.63) is 29.3 Å². The summed E-state index contributed by atoms with van der Waals surface area (Å²) >= 11 is 0. The van der Waals surface area contributed by atoms with Crippen LogP contribution in [-0.2, 0) is 20.1 Å². The number of rotatable bonds is 7. The second-order valence-corrected chi connectivity index (χ2v) is 4.96. The molecule has 2 heterocycles. The maximum absolute atomic E-state index is 8.78. The van der Waals surface area contributed by atoms with E-state index in [0.29, 0.717) is 19.5 Å². The van der Waals surface area contributed by atoms with E-state index in [4.69, 9.17) is 5.11 Å². The molecule has 0 radical (unpaired) electrons. The number of aliphatic hydroxyl groups is 1. The fourth-order valence-corrected chi connectivity index (χ4v) is 2.07. The number of hydrogen-bond acceptors (Lipinski definition) is 5. The molecule has 20 heavy (non-hydrogen) atoms. The van der Waals surface area contributed by atoms with Crippen LogP contribution in [0.25, 0.3) is 0 Å². The molecule has 1 atom stereocenters. The molecular weight excluding hydrogens is 256 g/mol. The monoisotopic (exact) mass is 278 g/mol. The molecule has 0 aliphatic rings. The first kappa shape index (κ1) is 14.7. The van der Waals surface area contributed by atoms with Gasteiger partial charge in [-0.3, -0.25) is 9.36 Å². The first-order chi connectivity index (χ1) is 9.61. The molecule has 0 aliphatic carbocycles. The topological polar surface area (TPSA) is 80.8 Å². The third-order valence-corrected chi connectivity index (χ3v) is 3.46. The zero-order chi connectivity index (χ0) is 14.5. The van der Waals surface area contributed by atoms with Crippen molar-refractivity contribution >= 4 is 0 Å². The standard InChI is InChI=1S/C13H22N6O/c1-10(13-8-15-18(3)11(13)2)14-7-12-9-19(17-16-12)5-4-6-20/h8-10,14,20H,4-7H2,1-3H3. The predicted molar refractivity (Wildman–Crippen MR) is 74.9 cm³/mol. The second-order valence-electron chi connectivity index (χ2n) is 4.96. The van der Waals surface area contributed by atoms with E-state index >= 15 is 0 Å². The summed E-state index contributed by atoms with van der Waals surface area (Å²) in [5, 5.41) is 24.6. The quantitative estimate of drug-likeness (QED) is 0.773. The zero-order valence-corrected chi connectivity index (χ0v) is 12.2. The highest BCUT2D eigenvalue weighted by Gasteiger charge is 2.12. The van der Waals surface area contributed by atoms with E-state index in [0.717, 1.165) is 11.4 Å². The molecular formula is C13H22N6O. The highest BCUT2D eigenvalue weighted by atomic mass is 16.3. The molecule has 7 nitrogen and oxygen atoms in total. The number of hydrogen-bond donors (Lipinski definition) is 2. The van der Waals surface area contributed by atoms with E-state index < -0.39 is 0 Å². The van der Waals surface area contributed by atoms with Crippen LogP contribution in [0, 0.1) is 6.92 Å². The minimum atomic E-state index is 0.171. The number of aryl methyl sites for hydroxylation is 2. The van der Waals surface area contributed by atoms with Crippen molar-refractivity contribution in [3.63, 3.8) is 0 Å². The van der Waals surface area contributed by atoms with Crippen LogP contribution in [0.1, 0.15) is 36.3 Å². The van der Waals surface area contributed by atoms with Gasteiger partial charge >= 0.3 is 0 Å². The van der Waals surface area contributed by atoms with Crippen LogP contribution in [0.4, 0.5) is 0 Å². The SMILES string of the molecule is Cc1c(C(C)NCc2cn(CCCO)nn2)cnn1C. The van der Waals surface area contributed by atoms with Gasteiger partial charge in [-0.2, -0.15) is 5.10 Å². The Hall–Kier alpha value is -1.73. The van der Waals surface area contributed by atoms with Gasteiger partial charge in [0, 0.05) is 50.2 Å². The number of nitrogens with zero attached hydrogens (tertiary/aromatic N) is 5.